The predicted molar refractivity (Wildman–Crippen MR) is 132 cm³/mol. The van der Waals surface area contributed by atoms with E-state index in [-0.39, 0.29) is 5.91 Å². The minimum absolute atomic E-state index is 0.106. The molecule has 0 saturated heterocycles. The van der Waals surface area contributed by atoms with Crippen LogP contribution in [0.3, 0.4) is 0 Å². The number of hydrogen-bond donors (Lipinski definition) is 1. The first-order chi connectivity index (χ1) is 16.0. The van der Waals surface area contributed by atoms with E-state index in [2.05, 4.69) is 17.5 Å². The van der Waals surface area contributed by atoms with E-state index in [1.807, 2.05) is 61.5 Å². The maximum Gasteiger partial charge on any atom is 0.235 e. The smallest absolute Gasteiger partial charge is 0.235 e. The Labute approximate surface area is 197 Å². The maximum atomic E-state index is 13.6. The number of ether oxygens (including phenoxy) is 2. The van der Waals surface area contributed by atoms with Crippen LogP contribution in [0.15, 0.2) is 72.8 Å². The lowest BCUT2D eigenvalue weighted by atomic mass is 9.77. The Hall–Kier alpha value is -3.82. The molecule has 1 atom stereocenters. The predicted octanol–water partition coefficient (Wildman–Crippen LogP) is 5.93. The highest BCUT2D eigenvalue weighted by atomic mass is 32.1. The molecule has 1 heterocycles. The van der Waals surface area contributed by atoms with Gasteiger partial charge in [-0.1, -0.05) is 30.3 Å². The Bertz CT molecular complexity index is 1280. The molecule has 0 saturated carbocycles. The molecule has 1 N–H and O–H groups in total. The number of benzene rings is 3. The van der Waals surface area contributed by atoms with Crippen molar-refractivity contribution in [3.05, 3.63) is 88.8 Å². The van der Waals surface area contributed by atoms with Crippen molar-refractivity contribution in [3.63, 3.8) is 0 Å². The summed E-state index contributed by atoms with van der Waals surface area (Å²) in [6.07, 6.45) is 0.502. The fourth-order valence-corrected chi connectivity index (χ4v) is 5.10. The second kappa shape index (κ2) is 9.35. The summed E-state index contributed by atoms with van der Waals surface area (Å²) < 4.78 is 11.9. The van der Waals surface area contributed by atoms with Gasteiger partial charge in [0.2, 0.25) is 5.91 Å². The summed E-state index contributed by atoms with van der Waals surface area (Å²) in [7, 11) is 3.24. The minimum atomic E-state index is -0.848. The normalized spacial score (nSPS) is 12.5. The summed E-state index contributed by atoms with van der Waals surface area (Å²) in [6, 6.07) is 24.8. The number of nitriles is 1. The van der Waals surface area contributed by atoms with E-state index in [1.54, 1.807) is 37.7 Å². The van der Waals surface area contributed by atoms with E-state index in [0.717, 1.165) is 26.2 Å². The zero-order valence-corrected chi connectivity index (χ0v) is 19.5. The van der Waals surface area contributed by atoms with Crippen molar-refractivity contribution in [3.8, 4) is 17.6 Å². The Balaban J connectivity index is 1.74. The van der Waals surface area contributed by atoms with Gasteiger partial charge in [0.05, 0.1) is 31.3 Å². The van der Waals surface area contributed by atoms with Gasteiger partial charge < -0.3 is 14.8 Å². The molecular weight excluding hydrogens is 432 g/mol. The third-order valence-electron chi connectivity index (χ3n) is 5.79. The first-order valence-corrected chi connectivity index (χ1v) is 11.3. The van der Waals surface area contributed by atoms with Gasteiger partial charge in [0.25, 0.3) is 0 Å². The second-order valence-corrected chi connectivity index (χ2v) is 9.14. The molecule has 5 nitrogen and oxygen atoms in total. The van der Waals surface area contributed by atoms with E-state index < -0.39 is 5.41 Å². The van der Waals surface area contributed by atoms with Crippen LogP contribution in [0.4, 0.5) is 5.69 Å². The Morgan fingerprint density at radius 2 is 1.67 bits per heavy atom. The van der Waals surface area contributed by atoms with E-state index in [0.29, 0.717) is 23.5 Å². The highest BCUT2D eigenvalue weighted by molar-refractivity contribution is 7.19. The molecule has 0 bridgehead atoms. The fraction of sp³-hybridized carbons (Fsp3) is 0.185. The van der Waals surface area contributed by atoms with Crippen molar-refractivity contribution in [1.82, 2.24) is 0 Å². The van der Waals surface area contributed by atoms with E-state index in [1.165, 1.54) is 0 Å². The third kappa shape index (κ3) is 4.55. The Kier molecular flexibility index (Phi) is 6.34. The lowest BCUT2D eigenvalue weighted by Gasteiger charge is -2.29. The van der Waals surface area contributed by atoms with Gasteiger partial charge in [-0.05, 0) is 54.3 Å². The molecule has 1 aromatic heterocycles. The number of para-hydroxylation sites is 1. The first-order valence-electron chi connectivity index (χ1n) is 10.5. The van der Waals surface area contributed by atoms with Gasteiger partial charge >= 0.3 is 0 Å². The van der Waals surface area contributed by atoms with Gasteiger partial charge in [-0.2, -0.15) is 5.26 Å². The highest BCUT2D eigenvalue weighted by Gasteiger charge is 2.36. The average molecular weight is 457 g/mol. The molecule has 1 amide bonds. The van der Waals surface area contributed by atoms with Crippen molar-refractivity contribution >= 4 is 33.0 Å². The van der Waals surface area contributed by atoms with Crippen LogP contribution in [0, 0.1) is 11.3 Å². The van der Waals surface area contributed by atoms with Gasteiger partial charge in [0.1, 0.15) is 0 Å². The van der Waals surface area contributed by atoms with E-state index >= 15 is 0 Å². The lowest BCUT2D eigenvalue weighted by Crippen LogP contribution is -2.39. The molecule has 6 heteroatoms. The molecule has 33 heavy (non-hydrogen) atoms. The van der Waals surface area contributed by atoms with E-state index in [9.17, 15) is 10.1 Å². The van der Waals surface area contributed by atoms with Crippen molar-refractivity contribution < 1.29 is 14.3 Å². The average Bonchev–Trinajstić information content (AvgIpc) is 3.24. The first kappa shape index (κ1) is 22.4. The van der Waals surface area contributed by atoms with Crippen molar-refractivity contribution in [2.24, 2.45) is 0 Å². The third-order valence-corrected chi connectivity index (χ3v) is 6.88. The standard InChI is InChI=1S/C27H24N2O3S/c1-27(20-11-9-18(17-28)10-12-20,26(30)29-21-7-5-4-6-8-21)16-22-13-19-14-23(31-2)24(32-3)15-25(19)33-22/h4-15H,16H2,1-3H3,(H,29,30). The number of nitrogens with zero attached hydrogens (tertiary/aromatic N) is 1. The molecular formula is C27H24N2O3S. The second-order valence-electron chi connectivity index (χ2n) is 7.98. The number of rotatable bonds is 7. The number of carbonyl (C=O) groups excluding carboxylic acids is 1. The maximum absolute atomic E-state index is 13.6. The zero-order valence-electron chi connectivity index (χ0n) is 18.7. The Morgan fingerprint density at radius 1 is 1.00 bits per heavy atom. The Morgan fingerprint density at radius 3 is 2.30 bits per heavy atom. The van der Waals surface area contributed by atoms with Gasteiger partial charge in [-0.3, -0.25) is 4.79 Å². The number of amides is 1. The summed E-state index contributed by atoms with van der Waals surface area (Å²) in [5, 5.41) is 13.3. The number of thiophene rings is 1. The largest absolute Gasteiger partial charge is 0.493 e. The number of anilines is 1. The van der Waals surface area contributed by atoms with Crippen LogP contribution in [0.5, 0.6) is 11.5 Å². The van der Waals surface area contributed by atoms with Gasteiger partial charge in [-0.25, -0.2) is 0 Å². The number of hydrogen-bond acceptors (Lipinski definition) is 5. The summed E-state index contributed by atoms with van der Waals surface area (Å²) in [4.78, 5) is 14.7. The molecule has 1 unspecified atom stereocenters. The van der Waals surface area contributed by atoms with Crippen LogP contribution >= 0.6 is 11.3 Å². The molecule has 3 aromatic carbocycles. The molecule has 0 fully saturated rings. The monoisotopic (exact) mass is 456 g/mol. The number of fused-ring (bicyclic) bond motifs is 1. The molecule has 0 spiro atoms. The van der Waals surface area contributed by atoms with Crippen LogP contribution in [0.2, 0.25) is 0 Å². The van der Waals surface area contributed by atoms with Gasteiger partial charge in [0, 0.05) is 27.8 Å². The highest BCUT2D eigenvalue weighted by Crippen LogP contribution is 2.39. The topological polar surface area (TPSA) is 71.3 Å². The molecule has 0 aliphatic rings. The molecule has 0 aliphatic carbocycles. The van der Waals surface area contributed by atoms with Gasteiger partial charge in [-0.15, -0.1) is 11.3 Å². The van der Waals surface area contributed by atoms with Crippen LogP contribution < -0.4 is 14.8 Å². The van der Waals surface area contributed by atoms with Crippen molar-refractivity contribution in [2.75, 3.05) is 19.5 Å². The van der Waals surface area contributed by atoms with Crippen molar-refractivity contribution in [2.45, 2.75) is 18.8 Å². The molecule has 166 valence electrons. The van der Waals surface area contributed by atoms with Crippen LogP contribution in [-0.2, 0) is 16.6 Å². The van der Waals surface area contributed by atoms with E-state index in [4.69, 9.17) is 9.47 Å². The molecule has 4 aromatic rings. The SMILES string of the molecule is COc1cc2cc(CC(C)(C(=O)Nc3ccccc3)c3ccc(C#N)cc3)sc2cc1OC. The number of carbonyl (C=O) groups is 1. The van der Waals surface area contributed by atoms with Gasteiger partial charge in [0.15, 0.2) is 11.5 Å². The number of nitrogens with one attached hydrogen (secondary N) is 1. The molecule has 0 aliphatic heterocycles. The number of methoxy groups -OCH3 is 2. The summed E-state index contributed by atoms with van der Waals surface area (Å²) in [5.74, 6) is 1.24. The summed E-state index contributed by atoms with van der Waals surface area (Å²) >= 11 is 1.63. The summed E-state index contributed by atoms with van der Waals surface area (Å²) in [6.45, 7) is 1.94. The fourth-order valence-electron chi connectivity index (χ4n) is 3.87. The minimum Gasteiger partial charge on any atom is -0.493 e. The molecule has 0 radical (unpaired) electrons. The lowest BCUT2D eigenvalue weighted by molar-refractivity contribution is -0.121. The van der Waals surface area contributed by atoms with Crippen molar-refractivity contribution in [1.29, 1.82) is 5.26 Å². The van der Waals surface area contributed by atoms with Crippen LogP contribution in [-0.4, -0.2) is 20.1 Å². The molecule has 4 rings (SSSR count). The zero-order chi connectivity index (χ0) is 23.4. The summed E-state index contributed by atoms with van der Waals surface area (Å²) in [5.41, 5.74) is 1.31. The van der Waals surface area contributed by atoms with Crippen LogP contribution in [0.1, 0.15) is 22.9 Å². The quantitative estimate of drug-likeness (QED) is 0.374. The van der Waals surface area contributed by atoms with Crippen LogP contribution in [0.25, 0.3) is 10.1 Å².